The zero-order valence-corrected chi connectivity index (χ0v) is 11.5. The second-order valence-electron chi connectivity index (χ2n) is 5.21. The minimum Gasteiger partial charge on any atom is -0.369 e. The summed E-state index contributed by atoms with van der Waals surface area (Å²) in [6, 6.07) is 3.72. The van der Waals surface area contributed by atoms with Gasteiger partial charge in [-0.25, -0.2) is 4.39 Å². The number of alkyl halides is 3. The number of nitrogens with zero attached hydrogens (tertiary/aromatic N) is 1. The van der Waals surface area contributed by atoms with Crippen molar-refractivity contribution in [3.05, 3.63) is 29.6 Å². The number of anilines is 1. The molecule has 2 nitrogen and oxygen atoms in total. The van der Waals surface area contributed by atoms with E-state index in [0.29, 0.717) is 18.3 Å². The number of benzene rings is 1. The molecule has 20 heavy (non-hydrogen) atoms. The van der Waals surface area contributed by atoms with Crippen LogP contribution in [0.2, 0.25) is 0 Å². The molecule has 1 aromatic carbocycles. The van der Waals surface area contributed by atoms with E-state index in [1.807, 2.05) is 18.9 Å². The highest BCUT2D eigenvalue weighted by Crippen LogP contribution is 2.35. The number of nitrogens with one attached hydrogen (secondary N) is 1. The van der Waals surface area contributed by atoms with E-state index < -0.39 is 17.6 Å². The van der Waals surface area contributed by atoms with Crippen LogP contribution in [-0.2, 0) is 6.18 Å². The Hall–Kier alpha value is -1.30. The summed E-state index contributed by atoms with van der Waals surface area (Å²) in [6.45, 7) is 2.63. The molecular weight excluding hydrogens is 272 g/mol. The van der Waals surface area contributed by atoms with E-state index in [0.717, 1.165) is 25.0 Å². The summed E-state index contributed by atoms with van der Waals surface area (Å²) in [5, 5.41) is 3.18. The van der Waals surface area contributed by atoms with E-state index in [9.17, 15) is 17.6 Å². The molecule has 0 saturated carbocycles. The summed E-state index contributed by atoms with van der Waals surface area (Å²) in [7, 11) is 1.88. The number of hydrogen-bond donors (Lipinski definition) is 1. The summed E-state index contributed by atoms with van der Waals surface area (Å²) in [4.78, 5) is 1.91. The normalized spacial score (nSPS) is 24.0. The quantitative estimate of drug-likeness (QED) is 0.840. The van der Waals surface area contributed by atoms with Crippen molar-refractivity contribution < 1.29 is 17.6 Å². The third-order valence-electron chi connectivity index (χ3n) is 3.87. The fourth-order valence-corrected chi connectivity index (χ4v) is 2.73. The minimum absolute atomic E-state index is 0.118. The first-order chi connectivity index (χ1) is 9.32. The highest BCUT2D eigenvalue weighted by molar-refractivity contribution is 5.51. The number of hydrogen-bond acceptors (Lipinski definition) is 2. The smallest absolute Gasteiger partial charge is 0.369 e. The predicted octanol–water partition coefficient (Wildman–Crippen LogP) is 3.42. The zero-order valence-electron chi connectivity index (χ0n) is 11.5. The molecule has 6 heteroatoms. The highest BCUT2D eigenvalue weighted by atomic mass is 19.4. The first-order valence-corrected chi connectivity index (χ1v) is 6.63. The SMILES string of the molecule is CNC1CCN(c2ccc(F)c(C(F)(F)F)c2)C(C)C1. The third kappa shape index (κ3) is 3.06. The topological polar surface area (TPSA) is 15.3 Å². The van der Waals surface area contributed by atoms with Gasteiger partial charge in [-0.15, -0.1) is 0 Å². The van der Waals surface area contributed by atoms with Gasteiger partial charge in [0.2, 0.25) is 0 Å². The van der Waals surface area contributed by atoms with Crippen LogP contribution in [0.3, 0.4) is 0 Å². The van der Waals surface area contributed by atoms with Crippen molar-refractivity contribution in [2.45, 2.75) is 38.0 Å². The van der Waals surface area contributed by atoms with E-state index in [-0.39, 0.29) is 6.04 Å². The summed E-state index contributed by atoms with van der Waals surface area (Å²) in [6.07, 6.45) is -2.94. The first-order valence-electron chi connectivity index (χ1n) is 6.63. The molecule has 0 spiro atoms. The molecule has 2 atom stereocenters. The first kappa shape index (κ1) is 15.1. The van der Waals surface area contributed by atoms with Crippen molar-refractivity contribution in [2.75, 3.05) is 18.5 Å². The van der Waals surface area contributed by atoms with Crippen molar-refractivity contribution in [2.24, 2.45) is 0 Å². The zero-order chi connectivity index (χ0) is 14.9. The van der Waals surface area contributed by atoms with E-state index in [4.69, 9.17) is 0 Å². The van der Waals surface area contributed by atoms with Gasteiger partial charge in [-0.2, -0.15) is 13.2 Å². The fraction of sp³-hybridized carbons (Fsp3) is 0.571. The lowest BCUT2D eigenvalue weighted by atomic mass is 9.97. The van der Waals surface area contributed by atoms with Gasteiger partial charge in [-0.05, 0) is 45.0 Å². The largest absolute Gasteiger partial charge is 0.419 e. The molecular formula is C14H18F4N2. The average molecular weight is 290 g/mol. The van der Waals surface area contributed by atoms with Crippen LogP contribution >= 0.6 is 0 Å². The Kier molecular flexibility index (Phi) is 4.22. The van der Waals surface area contributed by atoms with E-state index in [2.05, 4.69) is 5.32 Å². The molecule has 112 valence electrons. The Labute approximate surface area is 115 Å². The van der Waals surface area contributed by atoms with Gasteiger partial charge in [0.25, 0.3) is 0 Å². The summed E-state index contributed by atoms with van der Waals surface area (Å²) >= 11 is 0. The molecule has 0 aromatic heterocycles. The van der Waals surface area contributed by atoms with Gasteiger partial charge in [0.1, 0.15) is 5.82 Å². The molecule has 1 aliphatic rings. The van der Waals surface area contributed by atoms with Crippen molar-refractivity contribution >= 4 is 5.69 Å². The van der Waals surface area contributed by atoms with Gasteiger partial charge in [0.05, 0.1) is 5.56 Å². The molecule has 0 radical (unpaired) electrons. The van der Waals surface area contributed by atoms with Gasteiger partial charge in [-0.3, -0.25) is 0 Å². The van der Waals surface area contributed by atoms with Crippen molar-refractivity contribution in [1.29, 1.82) is 0 Å². The summed E-state index contributed by atoms with van der Waals surface area (Å²) < 4.78 is 51.5. The van der Waals surface area contributed by atoms with Crippen LogP contribution in [0.25, 0.3) is 0 Å². The number of halogens is 4. The average Bonchev–Trinajstić information content (AvgIpc) is 2.38. The van der Waals surface area contributed by atoms with Crippen LogP contribution in [-0.4, -0.2) is 25.7 Å². The van der Waals surface area contributed by atoms with E-state index >= 15 is 0 Å². The number of piperidine rings is 1. The van der Waals surface area contributed by atoms with Crippen molar-refractivity contribution in [3.63, 3.8) is 0 Å². The maximum Gasteiger partial charge on any atom is 0.419 e. The molecule has 1 heterocycles. The Morgan fingerprint density at radius 2 is 2.00 bits per heavy atom. The lowest BCUT2D eigenvalue weighted by Gasteiger charge is -2.39. The fourth-order valence-electron chi connectivity index (χ4n) is 2.73. The van der Waals surface area contributed by atoms with Crippen LogP contribution in [0.4, 0.5) is 23.2 Å². The Morgan fingerprint density at radius 1 is 1.30 bits per heavy atom. The molecule has 1 N–H and O–H groups in total. The Morgan fingerprint density at radius 3 is 2.55 bits per heavy atom. The minimum atomic E-state index is -4.66. The van der Waals surface area contributed by atoms with Gasteiger partial charge < -0.3 is 10.2 Å². The Bertz CT molecular complexity index is 473. The summed E-state index contributed by atoms with van der Waals surface area (Å²) in [5.41, 5.74) is -0.765. The molecule has 1 fully saturated rings. The van der Waals surface area contributed by atoms with Crippen molar-refractivity contribution in [3.8, 4) is 0 Å². The second kappa shape index (κ2) is 5.60. The Balaban J connectivity index is 2.26. The maximum atomic E-state index is 13.3. The third-order valence-corrected chi connectivity index (χ3v) is 3.87. The van der Waals surface area contributed by atoms with Crippen LogP contribution in [0, 0.1) is 5.82 Å². The standard InChI is InChI=1S/C14H18F4N2/c1-9-7-10(19-2)5-6-20(9)11-3-4-13(15)12(8-11)14(16,17)18/h3-4,8-10,19H,5-7H2,1-2H3. The molecule has 0 bridgehead atoms. The van der Waals surface area contributed by atoms with Gasteiger partial charge in [0.15, 0.2) is 0 Å². The molecule has 1 saturated heterocycles. The highest BCUT2D eigenvalue weighted by Gasteiger charge is 2.35. The van der Waals surface area contributed by atoms with Gasteiger partial charge in [0, 0.05) is 24.3 Å². The maximum absolute atomic E-state index is 13.3. The lowest BCUT2D eigenvalue weighted by Crippen LogP contribution is -2.46. The molecule has 1 aliphatic heterocycles. The van der Waals surface area contributed by atoms with Gasteiger partial charge >= 0.3 is 6.18 Å². The van der Waals surface area contributed by atoms with Crippen LogP contribution in [0.15, 0.2) is 18.2 Å². The molecule has 0 amide bonds. The summed E-state index contributed by atoms with van der Waals surface area (Å²) in [5.74, 6) is -1.22. The lowest BCUT2D eigenvalue weighted by molar-refractivity contribution is -0.139. The predicted molar refractivity (Wildman–Crippen MR) is 70.3 cm³/mol. The monoisotopic (exact) mass is 290 g/mol. The van der Waals surface area contributed by atoms with E-state index in [1.54, 1.807) is 0 Å². The van der Waals surface area contributed by atoms with Crippen LogP contribution < -0.4 is 10.2 Å². The molecule has 2 unspecified atom stereocenters. The van der Waals surface area contributed by atoms with Crippen molar-refractivity contribution in [1.82, 2.24) is 5.32 Å². The van der Waals surface area contributed by atoms with Gasteiger partial charge in [-0.1, -0.05) is 0 Å². The molecule has 0 aliphatic carbocycles. The second-order valence-corrected chi connectivity index (χ2v) is 5.21. The molecule has 2 rings (SSSR count). The molecule has 1 aromatic rings. The number of rotatable bonds is 2. The van der Waals surface area contributed by atoms with E-state index in [1.165, 1.54) is 6.07 Å². The van der Waals surface area contributed by atoms with Crippen LogP contribution in [0.5, 0.6) is 0 Å². The van der Waals surface area contributed by atoms with Crippen LogP contribution in [0.1, 0.15) is 25.3 Å².